The Morgan fingerprint density at radius 1 is 1.20 bits per heavy atom. The zero-order valence-electron chi connectivity index (χ0n) is 14.1. The molecule has 1 fully saturated rings. The van der Waals surface area contributed by atoms with Gasteiger partial charge in [0.15, 0.2) is 11.5 Å². The van der Waals surface area contributed by atoms with Crippen LogP contribution in [-0.2, 0) is 11.3 Å². The molecule has 1 amide bonds. The largest absolute Gasteiger partial charge is 0.454 e. The lowest BCUT2D eigenvalue weighted by Crippen LogP contribution is -2.32. The van der Waals surface area contributed by atoms with Crippen LogP contribution in [0.2, 0.25) is 0 Å². The summed E-state index contributed by atoms with van der Waals surface area (Å²) in [4.78, 5) is 14.6. The first-order valence-corrected chi connectivity index (χ1v) is 8.59. The van der Waals surface area contributed by atoms with E-state index >= 15 is 0 Å². The van der Waals surface area contributed by atoms with E-state index in [1.54, 1.807) is 12.1 Å². The Morgan fingerprint density at radius 2 is 2.00 bits per heavy atom. The molecule has 1 aliphatic heterocycles. The van der Waals surface area contributed by atoms with Crippen molar-refractivity contribution in [1.29, 1.82) is 0 Å². The van der Waals surface area contributed by atoms with Crippen LogP contribution in [-0.4, -0.2) is 24.1 Å². The zero-order chi connectivity index (χ0) is 17.4. The Kier molecular flexibility index (Phi) is 4.07. The van der Waals surface area contributed by atoms with Gasteiger partial charge >= 0.3 is 0 Å². The quantitative estimate of drug-likeness (QED) is 0.832. The fraction of sp³-hybridized carbons (Fsp3) is 0.350. The summed E-state index contributed by atoms with van der Waals surface area (Å²) in [6.45, 7) is 3.34. The highest BCUT2D eigenvalue weighted by Gasteiger charge is 2.46. The number of fused-ring (bicyclic) bond motifs is 1. The highest BCUT2D eigenvalue weighted by Crippen LogP contribution is 2.49. The summed E-state index contributed by atoms with van der Waals surface area (Å²) < 4.78 is 24.6. The molecular formula is C20H20FNO3. The number of rotatable bonds is 5. The number of benzene rings is 2. The van der Waals surface area contributed by atoms with E-state index in [0.717, 1.165) is 23.5 Å². The number of carbonyl (C=O) groups is 1. The molecule has 0 bridgehead atoms. The van der Waals surface area contributed by atoms with Gasteiger partial charge in [0.25, 0.3) is 0 Å². The van der Waals surface area contributed by atoms with Gasteiger partial charge in [-0.05, 0) is 48.6 Å². The van der Waals surface area contributed by atoms with E-state index in [0.29, 0.717) is 18.7 Å². The molecule has 0 radical (unpaired) electrons. The molecule has 0 spiro atoms. The first-order chi connectivity index (χ1) is 12.2. The summed E-state index contributed by atoms with van der Waals surface area (Å²) in [5.41, 5.74) is 1.66. The minimum absolute atomic E-state index is 0.000459. The van der Waals surface area contributed by atoms with Crippen molar-refractivity contribution in [3.05, 3.63) is 59.4 Å². The van der Waals surface area contributed by atoms with Gasteiger partial charge in [-0.2, -0.15) is 0 Å². The third-order valence-corrected chi connectivity index (χ3v) is 4.92. The molecule has 2 unspecified atom stereocenters. The molecule has 2 aromatic rings. The summed E-state index contributed by atoms with van der Waals surface area (Å²) in [6.07, 6.45) is 0.720. The molecule has 4 nitrogen and oxygen atoms in total. The van der Waals surface area contributed by atoms with Gasteiger partial charge in [-0.15, -0.1) is 0 Å². The summed E-state index contributed by atoms with van der Waals surface area (Å²) in [7, 11) is 0. The van der Waals surface area contributed by atoms with Gasteiger partial charge in [0.1, 0.15) is 5.82 Å². The Hall–Kier alpha value is -2.56. The fourth-order valence-electron chi connectivity index (χ4n) is 3.43. The Labute approximate surface area is 146 Å². The maximum Gasteiger partial charge on any atom is 0.231 e. The molecule has 0 N–H and O–H groups in total. The van der Waals surface area contributed by atoms with E-state index in [2.05, 4.69) is 0 Å². The van der Waals surface area contributed by atoms with Crippen molar-refractivity contribution in [2.24, 2.45) is 5.92 Å². The number of ether oxygens (including phenoxy) is 2. The van der Waals surface area contributed by atoms with Crippen LogP contribution in [0.15, 0.2) is 42.5 Å². The van der Waals surface area contributed by atoms with E-state index < -0.39 is 0 Å². The first kappa shape index (κ1) is 15.9. The van der Waals surface area contributed by atoms with Crippen molar-refractivity contribution in [3.8, 4) is 11.5 Å². The third-order valence-electron chi connectivity index (χ3n) is 4.92. The summed E-state index contributed by atoms with van der Waals surface area (Å²) in [5.74, 6) is 1.21. The number of nitrogens with zero attached hydrogens (tertiary/aromatic N) is 1. The van der Waals surface area contributed by atoms with Crippen LogP contribution in [0.1, 0.15) is 30.4 Å². The van der Waals surface area contributed by atoms with E-state index in [1.807, 2.05) is 36.1 Å². The van der Waals surface area contributed by atoms with E-state index in [-0.39, 0.29) is 30.4 Å². The van der Waals surface area contributed by atoms with Gasteiger partial charge < -0.3 is 14.4 Å². The standard InChI is InChI=1S/C20H20FNO3/c1-2-22(11-13-7-8-18-19(9-13)25-12-24-18)20(23)16-10-15(16)14-5-3-4-6-17(14)21/h3-9,15-16H,2,10-12H2,1H3. The molecule has 1 aliphatic carbocycles. The molecular weight excluding hydrogens is 321 g/mol. The second-order valence-corrected chi connectivity index (χ2v) is 6.51. The number of hydrogen-bond acceptors (Lipinski definition) is 3. The van der Waals surface area contributed by atoms with Crippen LogP contribution in [0.3, 0.4) is 0 Å². The summed E-state index contributed by atoms with van der Waals surface area (Å²) in [6, 6.07) is 12.5. The van der Waals surface area contributed by atoms with E-state index in [9.17, 15) is 9.18 Å². The molecule has 5 heteroatoms. The molecule has 4 rings (SSSR count). The molecule has 2 atom stereocenters. The minimum atomic E-state index is -0.221. The normalized spacial score (nSPS) is 20.4. The fourth-order valence-corrected chi connectivity index (χ4v) is 3.43. The van der Waals surface area contributed by atoms with E-state index in [1.165, 1.54) is 6.07 Å². The van der Waals surface area contributed by atoms with Gasteiger partial charge in [0.05, 0.1) is 0 Å². The SMILES string of the molecule is CCN(Cc1ccc2c(c1)OCO2)C(=O)C1CC1c1ccccc1F. The number of hydrogen-bond donors (Lipinski definition) is 0. The van der Waals surface area contributed by atoms with Crippen molar-refractivity contribution in [1.82, 2.24) is 4.90 Å². The van der Waals surface area contributed by atoms with Gasteiger partial charge in [0, 0.05) is 19.0 Å². The summed E-state index contributed by atoms with van der Waals surface area (Å²) >= 11 is 0. The second kappa shape index (κ2) is 6.39. The topological polar surface area (TPSA) is 38.8 Å². The maximum absolute atomic E-state index is 13.9. The number of amides is 1. The number of halogens is 1. The molecule has 2 aliphatic rings. The highest BCUT2D eigenvalue weighted by atomic mass is 19.1. The Morgan fingerprint density at radius 3 is 2.80 bits per heavy atom. The molecule has 0 saturated heterocycles. The van der Waals surface area contributed by atoms with Crippen molar-refractivity contribution in [2.45, 2.75) is 25.8 Å². The third kappa shape index (κ3) is 3.06. The lowest BCUT2D eigenvalue weighted by Gasteiger charge is -2.21. The minimum Gasteiger partial charge on any atom is -0.454 e. The van der Waals surface area contributed by atoms with Crippen LogP contribution in [0.4, 0.5) is 4.39 Å². The van der Waals surface area contributed by atoms with Gasteiger partial charge in [0.2, 0.25) is 12.7 Å². The van der Waals surface area contributed by atoms with Crippen molar-refractivity contribution >= 4 is 5.91 Å². The van der Waals surface area contributed by atoms with Crippen molar-refractivity contribution in [3.63, 3.8) is 0 Å². The smallest absolute Gasteiger partial charge is 0.231 e. The predicted octanol–water partition coefficient (Wildman–Crippen LogP) is 3.71. The summed E-state index contributed by atoms with van der Waals surface area (Å²) in [5, 5.41) is 0. The molecule has 25 heavy (non-hydrogen) atoms. The Balaban J connectivity index is 1.45. The molecule has 130 valence electrons. The van der Waals surface area contributed by atoms with Crippen LogP contribution < -0.4 is 9.47 Å². The average Bonchev–Trinajstić information content (AvgIpc) is 3.28. The lowest BCUT2D eigenvalue weighted by molar-refractivity contribution is -0.133. The van der Waals surface area contributed by atoms with Gasteiger partial charge in [-0.25, -0.2) is 4.39 Å². The van der Waals surface area contributed by atoms with Gasteiger partial charge in [-0.3, -0.25) is 4.79 Å². The lowest BCUT2D eigenvalue weighted by atomic mass is 10.1. The number of carbonyl (C=O) groups excluding carboxylic acids is 1. The van der Waals surface area contributed by atoms with Crippen molar-refractivity contribution < 1.29 is 18.7 Å². The highest BCUT2D eigenvalue weighted by molar-refractivity contribution is 5.83. The monoisotopic (exact) mass is 341 g/mol. The van der Waals surface area contributed by atoms with Crippen LogP contribution in [0, 0.1) is 11.7 Å². The van der Waals surface area contributed by atoms with Gasteiger partial charge in [-0.1, -0.05) is 24.3 Å². The molecule has 1 heterocycles. The first-order valence-electron chi connectivity index (χ1n) is 8.59. The van der Waals surface area contributed by atoms with Crippen LogP contribution in [0.25, 0.3) is 0 Å². The molecule has 0 aromatic heterocycles. The maximum atomic E-state index is 13.9. The van der Waals surface area contributed by atoms with Crippen LogP contribution in [0.5, 0.6) is 11.5 Å². The average molecular weight is 341 g/mol. The predicted molar refractivity (Wildman–Crippen MR) is 90.9 cm³/mol. The van der Waals surface area contributed by atoms with Crippen LogP contribution >= 0.6 is 0 Å². The second-order valence-electron chi connectivity index (χ2n) is 6.51. The zero-order valence-corrected chi connectivity index (χ0v) is 14.1. The van der Waals surface area contributed by atoms with Crippen molar-refractivity contribution in [2.75, 3.05) is 13.3 Å². The van der Waals surface area contributed by atoms with E-state index in [4.69, 9.17) is 9.47 Å². The molecule has 1 saturated carbocycles. The Bertz CT molecular complexity index is 807. The molecule has 2 aromatic carbocycles.